The first-order valence-corrected chi connectivity index (χ1v) is 8.62. The van der Waals surface area contributed by atoms with Crippen molar-refractivity contribution >= 4 is 11.7 Å². The largest absolute Gasteiger partial charge is 0.497 e. The van der Waals surface area contributed by atoms with Gasteiger partial charge in [0.05, 0.1) is 7.11 Å². The summed E-state index contributed by atoms with van der Waals surface area (Å²) in [6.45, 7) is 1.10. The van der Waals surface area contributed by atoms with Gasteiger partial charge < -0.3 is 15.4 Å². The van der Waals surface area contributed by atoms with Crippen molar-refractivity contribution in [2.75, 3.05) is 19.0 Å². The maximum Gasteiger partial charge on any atom is 0.272 e. The van der Waals surface area contributed by atoms with Gasteiger partial charge >= 0.3 is 0 Å². The highest BCUT2D eigenvalue weighted by molar-refractivity contribution is 5.92. The first kappa shape index (κ1) is 18.3. The number of hydrogen-bond donors (Lipinski definition) is 2. The molecule has 0 aliphatic carbocycles. The van der Waals surface area contributed by atoms with E-state index < -0.39 is 0 Å². The fourth-order valence-electron chi connectivity index (χ4n) is 2.49. The van der Waals surface area contributed by atoms with Crippen LogP contribution in [0.1, 0.15) is 21.6 Å². The maximum absolute atomic E-state index is 12.1. The van der Waals surface area contributed by atoms with E-state index in [9.17, 15) is 4.79 Å². The Labute approximate surface area is 157 Å². The number of ether oxygens (including phenoxy) is 1. The van der Waals surface area contributed by atoms with Crippen molar-refractivity contribution in [3.63, 3.8) is 0 Å². The Morgan fingerprint density at radius 1 is 1.07 bits per heavy atom. The third-order valence-electron chi connectivity index (χ3n) is 3.93. The summed E-state index contributed by atoms with van der Waals surface area (Å²) in [5.74, 6) is 1.20. The van der Waals surface area contributed by atoms with Gasteiger partial charge in [0, 0.05) is 25.5 Å². The van der Waals surface area contributed by atoms with Crippen molar-refractivity contribution in [1.29, 1.82) is 0 Å². The molecule has 0 unspecified atom stereocenters. The molecule has 0 fully saturated rings. The van der Waals surface area contributed by atoms with Crippen LogP contribution in [-0.2, 0) is 13.0 Å². The molecule has 138 valence electrons. The van der Waals surface area contributed by atoms with Crippen LogP contribution in [0.3, 0.4) is 0 Å². The standard InChI is InChI=1S/C20H21N5O2/c1-27-17-6-2-4-15(12-17)9-11-22-19-8-7-18(24-25-19)20(26)23-14-16-5-3-10-21-13-16/h2-8,10,12-13H,9,11,14H2,1H3,(H,22,25)(H,23,26). The van der Waals surface area contributed by atoms with E-state index in [4.69, 9.17) is 4.74 Å². The van der Waals surface area contributed by atoms with Crippen LogP contribution in [0, 0.1) is 0 Å². The summed E-state index contributed by atoms with van der Waals surface area (Å²) in [5, 5.41) is 14.0. The molecule has 0 aliphatic rings. The second-order valence-corrected chi connectivity index (χ2v) is 5.88. The van der Waals surface area contributed by atoms with E-state index in [1.807, 2.05) is 36.4 Å². The van der Waals surface area contributed by atoms with Crippen LogP contribution in [0.5, 0.6) is 5.75 Å². The number of amides is 1. The van der Waals surface area contributed by atoms with Gasteiger partial charge in [-0.25, -0.2) is 0 Å². The first-order valence-electron chi connectivity index (χ1n) is 8.62. The van der Waals surface area contributed by atoms with E-state index in [-0.39, 0.29) is 11.6 Å². The van der Waals surface area contributed by atoms with Gasteiger partial charge in [0.2, 0.25) is 0 Å². The summed E-state index contributed by atoms with van der Waals surface area (Å²) >= 11 is 0. The predicted molar refractivity (Wildman–Crippen MR) is 103 cm³/mol. The highest BCUT2D eigenvalue weighted by atomic mass is 16.5. The fourth-order valence-corrected chi connectivity index (χ4v) is 2.49. The number of carbonyl (C=O) groups excluding carboxylic acids is 1. The molecule has 0 saturated carbocycles. The number of pyridine rings is 1. The summed E-state index contributed by atoms with van der Waals surface area (Å²) in [4.78, 5) is 16.1. The monoisotopic (exact) mass is 363 g/mol. The van der Waals surface area contributed by atoms with E-state index in [2.05, 4.69) is 25.8 Å². The third-order valence-corrected chi connectivity index (χ3v) is 3.93. The van der Waals surface area contributed by atoms with Gasteiger partial charge in [-0.1, -0.05) is 18.2 Å². The van der Waals surface area contributed by atoms with Crippen LogP contribution in [0.2, 0.25) is 0 Å². The van der Waals surface area contributed by atoms with E-state index in [1.165, 1.54) is 5.56 Å². The Hall–Kier alpha value is -3.48. The molecule has 0 aliphatic heterocycles. The Bertz CT molecular complexity index is 869. The number of carbonyl (C=O) groups is 1. The zero-order valence-corrected chi connectivity index (χ0v) is 15.1. The SMILES string of the molecule is COc1cccc(CCNc2ccc(C(=O)NCc3cccnc3)nn2)c1. The van der Waals surface area contributed by atoms with E-state index in [0.717, 1.165) is 17.7 Å². The van der Waals surface area contributed by atoms with Crippen LogP contribution in [0.25, 0.3) is 0 Å². The molecule has 1 amide bonds. The zero-order chi connectivity index (χ0) is 18.9. The molecule has 2 aromatic heterocycles. The fraction of sp³-hybridized carbons (Fsp3) is 0.200. The highest BCUT2D eigenvalue weighted by Gasteiger charge is 2.08. The molecule has 0 radical (unpaired) electrons. The lowest BCUT2D eigenvalue weighted by atomic mass is 10.1. The number of anilines is 1. The van der Waals surface area contributed by atoms with Crippen molar-refractivity contribution in [1.82, 2.24) is 20.5 Å². The second kappa shape index (κ2) is 9.28. The number of aromatic nitrogens is 3. The number of rotatable bonds is 8. The van der Waals surface area contributed by atoms with Crippen LogP contribution in [-0.4, -0.2) is 34.7 Å². The zero-order valence-electron chi connectivity index (χ0n) is 15.1. The second-order valence-electron chi connectivity index (χ2n) is 5.88. The first-order chi connectivity index (χ1) is 13.2. The molecular weight excluding hydrogens is 342 g/mol. The van der Waals surface area contributed by atoms with Gasteiger partial charge in [-0.15, -0.1) is 10.2 Å². The topological polar surface area (TPSA) is 89.0 Å². The van der Waals surface area contributed by atoms with Crippen molar-refractivity contribution in [2.24, 2.45) is 0 Å². The smallest absolute Gasteiger partial charge is 0.272 e. The van der Waals surface area contributed by atoms with E-state index in [1.54, 1.807) is 31.6 Å². The average molecular weight is 363 g/mol. The molecule has 2 heterocycles. The normalized spacial score (nSPS) is 10.3. The van der Waals surface area contributed by atoms with Crippen LogP contribution >= 0.6 is 0 Å². The summed E-state index contributed by atoms with van der Waals surface area (Å²) < 4.78 is 5.22. The molecule has 0 bridgehead atoms. The Morgan fingerprint density at radius 3 is 2.70 bits per heavy atom. The Kier molecular flexibility index (Phi) is 6.30. The highest BCUT2D eigenvalue weighted by Crippen LogP contribution is 2.13. The molecule has 7 nitrogen and oxygen atoms in total. The number of nitrogens with zero attached hydrogens (tertiary/aromatic N) is 3. The van der Waals surface area contributed by atoms with Gasteiger partial charge in [0.15, 0.2) is 5.69 Å². The quantitative estimate of drug-likeness (QED) is 0.639. The lowest BCUT2D eigenvalue weighted by molar-refractivity contribution is 0.0945. The molecule has 0 atom stereocenters. The molecule has 0 saturated heterocycles. The van der Waals surface area contributed by atoms with Crippen molar-refractivity contribution in [3.05, 3.63) is 77.7 Å². The minimum atomic E-state index is -0.269. The average Bonchev–Trinajstić information content (AvgIpc) is 2.73. The Morgan fingerprint density at radius 2 is 1.96 bits per heavy atom. The summed E-state index contributed by atoms with van der Waals surface area (Å²) in [7, 11) is 1.65. The van der Waals surface area contributed by atoms with Crippen molar-refractivity contribution in [3.8, 4) is 5.75 Å². The van der Waals surface area contributed by atoms with Gasteiger partial charge in [-0.2, -0.15) is 0 Å². The number of methoxy groups -OCH3 is 1. The Balaban J connectivity index is 1.47. The molecular formula is C20H21N5O2. The summed E-state index contributed by atoms with van der Waals surface area (Å²) in [5.41, 5.74) is 2.37. The minimum Gasteiger partial charge on any atom is -0.497 e. The predicted octanol–water partition coefficient (Wildman–Crippen LogP) is 2.46. The number of benzene rings is 1. The van der Waals surface area contributed by atoms with E-state index in [0.29, 0.717) is 18.9 Å². The molecule has 27 heavy (non-hydrogen) atoms. The van der Waals surface area contributed by atoms with E-state index >= 15 is 0 Å². The van der Waals surface area contributed by atoms with Crippen LogP contribution in [0.15, 0.2) is 60.9 Å². The third kappa shape index (κ3) is 5.50. The minimum absolute atomic E-state index is 0.269. The molecule has 3 aromatic rings. The van der Waals surface area contributed by atoms with Crippen molar-refractivity contribution in [2.45, 2.75) is 13.0 Å². The van der Waals surface area contributed by atoms with Crippen LogP contribution < -0.4 is 15.4 Å². The van der Waals surface area contributed by atoms with Crippen molar-refractivity contribution < 1.29 is 9.53 Å². The van der Waals surface area contributed by atoms with Crippen LogP contribution in [0.4, 0.5) is 5.82 Å². The molecule has 1 aromatic carbocycles. The van der Waals surface area contributed by atoms with Gasteiger partial charge in [-0.3, -0.25) is 9.78 Å². The number of nitrogens with one attached hydrogen (secondary N) is 2. The lowest BCUT2D eigenvalue weighted by Gasteiger charge is -2.07. The van der Waals surface area contributed by atoms with Gasteiger partial charge in [-0.05, 0) is 47.9 Å². The summed E-state index contributed by atoms with van der Waals surface area (Å²) in [6.07, 6.45) is 4.23. The lowest BCUT2D eigenvalue weighted by Crippen LogP contribution is -2.24. The number of hydrogen-bond acceptors (Lipinski definition) is 6. The summed E-state index contributed by atoms with van der Waals surface area (Å²) in [6, 6.07) is 15.1. The van der Waals surface area contributed by atoms with Gasteiger partial charge in [0.1, 0.15) is 11.6 Å². The molecule has 2 N–H and O–H groups in total. The molecule has 0 spiro atoms. The molecule has 3 rings (SSSR count). The van der Waals surface area contributed by atoms with Gasteiger partial charge in [0.25, 0.3) is 5.91 Å². The maximum atomic E-state index is 12.1. The molecule has 7 heteroatoms.